The predicted octanol–water partition coefficient (Wildman–Crippen LogP) is 3.97. The maximum Gasteiger partial charge on any atom is 0.254 e. The zero-order valence-electron chi connectivity index (χ0n) is 25.4. The highest BCUT2D eigenvalue weighted by Crippen LogP contribution is 2.30. The molecule has 4 rings (SSSR count). The van der Waals surface area contributed by atoms with Crippen LogP contribution in [-0.4, -0.2) is 80.0 Å². The Labute approximate surface area is 249 Å². The summed E-state index contributed by atoms with van der Waals surface area (Å²) in [6.07, 6.45) is 4.70. The van der Waals surface area contributed by atoms with Gasteiger partial charge >= 0.3 is 0 Å². The molecular formula is C33H46N4O5. The van der Waals surface area contributed by atoms with Crippen molar-refractivity contribution in [2.24, 2.45) is 23.5 Å². The molecule has 1 aliphatic heterocycles. The van der Waals surface area contributed by atoms with Gasteiger partial charge in [0.15, 0.2) is 0 Å². The number of ether oxygens (including phenoxy) is 2. The maximum absolute atomic E-state index is 13.9. The lowest BCUT2D eigenvalue weighted by atomic mass is 9.81. The van der Waals surface area contributed by atoms with E-state index in [0.717, 1.165) is 25.7 Å². The molecule has 2 fully saturated rings. The lowest BCUT2D eigenvalue weighted by molar-refractivity contribution is -0.125. The van der Waals surface area contributed by atoms with Gasteiger partial charge in [-0.1, -0.05) is 26.3 Å². The summed E-state index contributed by atoms with van der Waals surface area (Å²) in [5.41, 5.74) is 6.92. The Morgan fingerprint density at radius 2 is 1.69 bits per heavy atom. The molecule has 1 heterocycles. The number of nitrogens with two attached hydrogens (primary N) is 1. The van der Waals surface area contributed by atoms with Crippen molar-refractivity contribution in [2.75, 3.05) is 40.4 Å². The maximum atomic E-state index is 13.9. The van der Waals surface area contributed by atoms with Crippen molar-refractivity contribution in [3.05, 3.63) is 59.7 Å². The summed E-state index contributed by atoms with van der Waals surface area (Å²) in [6, 6.07) is 13.0. The Bertz CT molecular complexity index is 1220. The monoisotopic (exact) mass is 578 g/mol. The molecular weight excluding hydrogens is 532 g/mol. The van der Waals surface area contributed by atoms with Crippen LogP contribution < -0.4 is 20.5 Å². The van der Waals surface area contributed by atoms with Crippen molar-refractivity contribution in [3.63, 3.8) is 0 Å². The van der Waals surface area contributed by atoms with E-state index in [0.29, 0.717) is 60.5 Å². The topological polar surface area (TPSA) is 114 Å². The van der Waals surface area contributed by atoms with Crippen LogP contribution in [-0.2, 0) is 4.79 Å². The van der Waals surface area contributed by atoms with Gasteiger partial charge in [-0.3, -0.25) is 14.4 Å². The highest BCUT2D eigenvalue weighted by molar-refractivity contribution is 5.99. The number of carbonyl (C=O) groups is 3. The smallest absolute Gasteiger partial charge is 0.254 e. The van der Waals surface area contributed by atoms with Crippen molar-refractivity contribution in [3.8, 4) is 11.5 Å². The van der Waals surface area contributed by atoms with Gasteiger partial charge in [0, 0.05) is 30.8 Å². The minimum Gasteiger partial charge on any atom is -0.497 e. The molecule has 2 aromatic rings. The number of carbonyl (C=O) groups excluding carboxylic acids is 3. The third-order valence-electron chi connectivity index (χ3n) is 8.55. The van der Waals surface area contributed by atoms with E-state index in [1.807, 2.05) is 4.90 Å². The number of amides is 3. The van der Waals surface area contributed by atoms with Gasteiger partial charge in [-0.05, 0) is 92.4 Å². The highest BCUT2D eigenvalue weighted by Gasteiger charge is 2.43. The summed E-state index contributed by atoms with van der Waals surface area (Å²) in [5, 5.41) is 3.16. The van der Waals surface area contributed by atoms with Crippen molar-refractivity contribution in [1.29, 1.82) is 0 Å². The van der Waals surface area contributed by atoms with Gasteiger partial charge < -0.3 is 30.3 Å². The number of hydrogen-bond donors (Lipinski definition) is 2. The normalized spacial score (nSPS) is 22.1. The van der Waals surface area contributed by atoms with E-state index in [2.05, 4.69) is 19.2 Å². The summed E-state index contributed by atoms with van der Waals surface area (Å²) in [5.74, 6) is 1.77. The molecule has 228 valence electrons. The number of nitrogens with one attached hydrogen (secondary N) is 1. The number of methoxy groups -OCH3 is 2. The van der Waals surface area contributed by atoms with Crippen molar-refractivity contribution >= 4 is 17.7 Å². The van der Waals surface area contributed by atoms with Gasteiger partial charge in [0.1, 0.15) is 17.5 Å². The average molecular weight is 579 g/mol. The van der Waals surface area contributed by atoms with E-state index in [1.54, 1.807) is 67.7 Å². The molecule has 0 bridgehead atoms. The Morgan fingerprint density at radius 1 is 0.976 bits per heavy atom. The fourth-order valence-corrected chi connectivity index (χ4v) is 6.29. The molecule has 4 atom stereocenters. The lowest BCUT2D eigenvalue weighted by Gasteiger charge is -2.31. The van der Waals surface area contributed by atoms with Gasteiger partial charge in [-0.15, -0.1) is 0 Å². The largest absolute Gasteiger partial charge is 0.497 e. The first-order valence-corrected chi connectivity index (χ1v) is 15.1. The van der Waals surface area contributed by atoms with Gasteiger partial charge in [0.2, 0.25) is 5.91 Å². The predicted molar refractivity (Wildman–Crippen MR) is 163 cm³/mol. The highest BCUT2D eigenvalue weighted by atomic mass is 16.5. The molecule has 2 aromatic carbocycles. The van der Waals surface area contributed by atoms with Crippen LogP contribution in [0.1, 0.15) is 66.7 Å². The fraction of sp³-hybridized carbons (Fsp3) is 0.545. The third kappa shape index (κ3) is 7.62. The van der Waals surface area contributed by atoms with Gasteiger partial charge in [0.05, 0.1) is 20.3 Å². The number of likely N-dealkylation sites (tertiary alicyclic amines) is 1. The summed E-state index contributed by atoms with van der Waals surface area (Å²) < 4.78 is 10.6. The van der Waals surface area contributed by atoms with Gasteiger partial charge in [0.25, 0.3) is 11.8 Å². The summed E-state index contributed by atoms with van der Waals surface area (Å²) in [7, 11) is 3.14. The molecule has 0 aromatic heterocycles. The quantitative estimate of drug-likeness (QED) is 0.417. The SMILES string of the molecule is COc1ccc(C(=O)N(CC(C)C)C2CC(C(=O)NCC3CCCC(CN)C3)N(C(=O)c3cccc(OC)c3)C2)cc1. The Kier molecular flexibility index (Phi) is 10.8. The van der Waals surface area contributed by atoms with Crippen LogP contribution in [0.2, 0.25) is 0 Å². The van der Waals surface area contributed by atoms with E-state index in [1.165, 1.54) is 0 Å². The first kappa shape index (κ1) is 31.3. The third-order valence-corrected chi connectivity index (χ3v) is 8.55. The molecule has 1 saturated heterocycles. The summed E-state index contributed by atoms with van der Waals surface area (Å²) in [6.45, 7) is 6.13. The minimum absolute atomic E-state index is 0.124. The Morgan fingerprint density at radius 3 is 2.36 bits per heavy atom. The summed E-state index contributed by atoms with van der Waals surface area (Å²) in [4.78, 5) is 44.9. The molecule has 0 spiro atoms. The van der Waals surface area contributed by atoms with E-state index in [9.17, 15) is 14.4 Å². The van der Waals surface area contributed by atoms with Crippen molar-refractivity contribution in [1.82, 2.24) is 15.1 Å². The molecule has 2 aliphatic rings. The number of nitrogens with zero attached hydrogens (tertiary/aromatic N) is 2. The number of rotatable bonds is 11. The second kappa shape index (κ2) is 14.5. The minimum atomic E-state index is -0.694. The van der Waals surface area contributed by atoms with Crippen LogP contribution in [0.4, 0.5) is 0 Å². The first-order valence-electron chi connectivity index (χ1n) is 15.1. The molecule has 4 unspecified atom stereocenters. The van der Waals surface area contributed by atoms with E-state index in [-0.39, 0.29) is 36.2 Å². The first-order chi connectivity index (χ1) is 20.2. The van der Waals surface area contributed by atoms with E-state index in [4.69, 9.17) is 15.2 Å². The van der Waals surface area contributed by atoms with Crippen molar-refractivity contribution in [2.45, 2.75) is 58.0 Å². The molecule has 9 heteroatoms. The number of benzene rings is 2. The standard InChI is InChI=1S/C33H46N4O5/c1-22(2)20-36(32(39)25-11-13-28(41-3)14-12-25)27-17-30(31(38)35-19-24-8-5-7-23(15-24)18-34)37(21-27)33(40)26-9-6-10-29(16-26)42-4/h6,9-14,16,22-24,27,30H,5,7-8,15,17-21,34H2,1-4H3,(H,35,38). The van der Waals surface area contributed by atoms with Gasteiger partial charge in [-0.25, -0.2) is 0 Å². The molecule has 3 amide bonds. The Balaban J connectivity index is 1.58. The zero-order valence-corrected chi connectivity index (χ0v) is 25.4. The molecule has 1 saturated carbocycles. The molecule has 0 radical (unpaired) electrons. The summed E-state index contributed by atoms with van der Waals surface area (Å²) >= 11 is 0. The molecule has 42 heavy (non-hydrogen) atoms. The fourth-order valence-electron chi connectivity index (χ4n) is 6.29. The van der Waals surface area contributed by atoms with Crippen LogP contribution >= 0.6 is 0 Å². The zero-order chi connectivity index (χ0) is 30.2. The van der Waals surface area contributed by atoms with Crippen LogP contribution in [0.15, 0.2) is 48.5 Å². The Hall–Kier alpha value is -3.59. The van der Waals surface area contributed by atoms with Crippen molar-refractivity contribution < 1.29 is 23.9 Å². The van der Waals surface area contributed by atoms with E-state index >= 15 is 0 Å². The second-order valence-electron chi connectivity index (χ2n) is 12.1. The molecule has 3 N–H and O–H groups in total. The molecule has 9 nitrogen and oxygen atoms in total. The average Bonchev–Trinajstić information content (AvgIpc) is 3.47. The van der Waals surface area contributed by atoms with Gasteiger partial charge in [-0.2, -0.15) is 0 Å². The van der Waals surface area contributed by atoms with E-state index < -0.39 is 6.04 Å². The van der Waals surface area contributed by atoms with Crippen LogP contribution in [0.25, 0.3) is 0 Å². The number of hydrogen-bond acceptors (Lipinski definition) is 6. The molecule has 1 aliphatic carbocycles. The second-order valence-corrected chi connectivity index (χ2v) is 12.1. The van der Waals surface area contributed by atoms with Crippen LogP contribution in [0.5, 0.6) is 11.5 Å². The van der Waals surface area contributed by atoms with Crippen LogP contribution in [0.3, 0.4) is 0 Å². The van der Waals surface area contributed by atoms with Crippen LogP contribution in [0, 0.1) is 17.8 Å². The lowest BCUT2D eigenvalue weighted by Crippen LogP contribution is -2.47.